The molecule has 0 radical (unpaired) electrons. The molecule has 154 valence electrons. The minimum absolute atomic E-state index is 0.0286. The van der Waals surface area contributed by atoms with Crippen molar-refractivity contribution < 1.29 is 2.74 Å². The van der Waals surface area contributed by atoms with Gasteiger partial charge in [-0.25, -0.2) is 0 Å². The fraction of sp³-hybridized carbons (Fsp3) is 0.571. The van der Waals surface area contributed by atoms with Crippen molar-refractivity contribution in [1.82, 2.24) is 0 Å². The van der Waals surface area contributed by atoms with Crippen LogP contribution in [-0.2, 0) is 21.7 Å². The lowest BCUT2D eigenvalue weighted by Crippen LogP contribution is -2.18. The van der Waals surface area contributed by atoms with E-state index in [0.29, 0.717) is 12.1 Å². The normalized spacial score (nSPS) is 14.7. The summed E-state index contributed by atoms with van der Waals surface area (Å²) < 4.78 is 18.2. The Kier molecular flexibility index (Phi) is 4.97. The van der Waals surface area contributed by atoms with E-state index in [0.717, 1.165) is 22.3 Å². The first kappa shape index (κ1) is 19.7. The standard InChI is InChI=1S/C28H42/c1-25(2,3)21-13-19(14-22(17-21)26(4,5)6)20-15-23(27(7,8)9)18-24(16-20)28(10,11)12/h13-18H,1-12H3/i13D,15D. The molecule has 0 N–H and O–H groups in total. The maximum atomic E-state index is 9.11. The van der Waals surface area contributed by atoms with Crippen molar-refractivity contribution in [3.63, 3.8) is 0 Å². The van der Waals surface area contributed by atoms with Crippen LogP contribution in [0.15, 0.2) is 36.4 Å². The van der Waals surface area contributed by atoms with E-state index >= 15 is 0 Å². The minimum Gasteiger partial charge on any atom is -0.0561 e. The predicted octanol–water partition coefficient (Wildman–Crippen LogP) is 8.54. The van der Waals surface area contributed by atoms with Crippen LogP contribution in [0.25, 0.3) is 11.1 Å². The highest BCUT2D eigenvalue weighted by Gasteiger charge is 2.24. The van der Waals surface area contributed by atoms with Crippen molar-refractivity contribution in [2.75, 3.05) is 0 Å². The molecular weight excluding hydrogens is 336 g/mol. The molecule has 0 saturated heterocycles. The van der Waals surface area contributed by atoms with Crippen molar-refractivity contribution in [1.29, 1.82) is 0 Å². The van der Waals surface area contributed by atoms with Crippen LogP contribution in [0.5, 0.6) is 0 Å². The van der Waals surface area contributed by atoms with Gasteiger partial charge in [0, 0.05) is 0 Å². The van der Waals surface area contributed by atoms with Crippen LogP contribution in [0, 0.1) is 0 Å². The third-order valence-corrected chi connectivity index (χ3v) is 5.38. The van der Waals surface area contributed by atoms with Crippen molar-refractivity contribution in [3.8, 4) is 11.1 Å². The molecule has 28 heavy (non-hydrogen) atoms. The Balaban J connectivity index is 3.03. The highest BCUT2D eigenvalue weighted by atomic mass is 14.3. The Labute approximate surface area is 177 Å². The Hall–Kier alpha value is -1.56. The summed E-state index contributed by atoms with van der Waals surface area (Å²) in [6.45, 7) is 26.3. The van der Waals surface area contributed by atoms with Crippen LogP contribution < -0.4 is 0 Å². The fourth-order valence-electron chi connectivity index (χ4n) is 3.10. The largest absolute Gasteiger partial charge is 0.0632 e. The average molecular weight is 381 g/mol. The second-order valence-electron chi connectivity index (χ2n) is 12.4. The molecule has 0 heteroatoms. The molecule has 0 aliphatic heterocycles. The van der Waals surface area contributed by atoms with Crippen LogP contribution in [0.4, 0.5) is 0 Å². The molecule has 0 amide bonds. The molecule has 0 bridgehead atoms. The molecule has 0 aliphatic rings. The first-order valence-electron chi connectivity index (χ1n) is 11.6. The van der Waals surface area contributed by atoms with Crippen LogP contribution in [0.2, 0.25) is 0 Å². The molecule has 0 unspecified atom stereocenters. The van der Waals surface area contributed by atoms with Gasteiger partial charge in [0.25, 0.3) is 0 Å². The third kappa shape index (κ3) is 5.28. The summed E-state index contributed by atoms with van der Waals surface area (Å²) in [6, 6.07) is 9.82. The quantitative estimate of drug-likeness (QED) is 0.465. The van der Waals surface area contributed by atoms with Crippen molar-refractivity contribution in [2.24, 2.45) is 0 Å². The molecule has 2 rings (SSSR count). The SMILES string of the molecule is [2H]c1c(-c2cc(C(C)(C)C)cc(C(C)(C)C)c2[2H])cc(C(C)(C)C)cc1C(C)(C)C. The summed E-state index contributed by atoms with van der Waals surface area (Å²) >= 11 is 0. The smallest absolute Gasteiger partial charge is 0.0561 e. The van der Waals surface area contributed by atoms with Crippen LogP contribution in [-0.4, -0.2) is 0 Å². The van der Waals surface area contributed by atoms with E-state index in [9.17, 15) is 0 Å². The summed E-state index contributed by atoms with van der Waals surface area (Å²) in [5.41, 5.74) is 5.97. The van der Waals surface area contributed by atoms with Gasteiger partial charge >= 0.3 is 0 Å². The maximum Gasteiger partial charge on any atom is 0.0632 e. The Morgan fingerprint density at radius 1 is 0.429 bits per heavy atom. The van der Waals surface area contributed by atoms with E-state index in [1.165, 1.54) is 11.1 Å². The molecule has 0 nitrogen and oxygen atoms in total. The molecule has 0 fully saturated rings. The molecule has 0 aromatic heterocycles. The topological polar surface area (TPSA) is 0 Å². The highest BCUT2D eigenvalue weighted by molar-refractivity contribution is 5.68. The van der Waals surface area contributed by atoms with Gasteiger partial charge < -0.3 is 0 Å². The van der Waals surface area contributed by atoms with Gasteiger partial charge in [-0.1, -0.05) is 119 Å². The molecule has 0 heterocycles. The van der Waals surface area contributed by atoms with E-state index in [1.807, 2.05) is 0 Å². The third-order valence-electron chi connectivity index (χ3n) is 5.38. The van der Waals surface area contributed by atoms with Crippen molar-refractivity contribution in [3.05, 3.63) is 58.6 Å². The maximum absolute atomic E-state index is 9.11. The van der Waals surface area contributed by atoms with Crippen LogP contribution in [0.3, 0.4) is 0 Å². The highest BCUT2D eigenvalue weighted by Crippen LogP contribution is 2.37. The summed E-state index contributed by atoms with van der Waals surface area (Å²) in [4.78, 5) is 0. The molecule has 0 atom stereocenters. The van der Waals surface area contributed by atoms with Crippen LogP contribution in [0.1, 0.15) is 108 Å². The van der Waals surface area contributed by atoms with Gasteiger partial charge in [0.15, 0.2) is 0 Å². The molecule has 2 aromatic carbocycles. The molecule has 2 aromatic rings. The first-order valence-corrected chi connectivity index (χ1v) is 10.6. The number of benzene rings is 2. The van der Waals surface area contributed by atoms with Crippen LogP contribution >= 0.6 is 0 Å². The molecule has 0 aliphatic carbocycles. The lowest BCUT2D eigenvalue weighted by molar-refractivity contribution is 0.567. The van der Waals surface area contributed by atoms with Gasteiger partial charge in [-0.15, -0.1) is 0 Å². The van der Waals surface area contributed by atoms with E-state index in [-0.39, 0.29) is 21.7 Å². The number of rotatable bonds is 1. The zero-order valence-corrected chi connectivity index (χ0v) is 20.3. The zero-order valence-electron chi connectivity index (χ0n) is 22.3. The van der Waals surface area contributed by atoms with Gasteiger partial charge in [-0.2, -0.15) is 0 Å². The second kappa shape index (κ2) is 7.05. The van der Waals surface area contributed by atoms with E-state index in [4.69, 9.17) is 2.74 Å². The van der Waals surface area contributed by atoms with E-state index < -0.39 is 0 Å². The van der Waals surface area contributed by atoms with E-state index in [1.54, 1.807) is 0 Å². The van der Waals surface area contributed by atoms with Gasteiger partial charge in [0.05, 0.1) is 2.74 Å². The minimum atomic E-state index is -0.135. The summed E-state index contributed by atoms with van der Waals surface area (Å²) in [6.07, 6.45) is 0. The predicted molar refractivity (Wildman–Crippen MR) is 127 cm³/mol. The van der Waals surface area contributed by atoms with Crippen molar-refractivity contribution >= 4 is 0 Å². The molecule has 0 saturated carbocycles. The molecular formula is C28H42. The Morgan fingerprint density at radius 3 is 0.893 bits per heavy atom. The van der Waals surface area contributed by atoms with E-state index in [2.05, 4.69) is 107 Å². The number of hydrogen-bond acceptors (Lipinski definition) is 0. The first-order chi connectivity index (χ1) is 13.2. The van der Waals surface area contributed by atoms with Crippen molar-refractivity contribution in [2.45, 2.75) is 105 Å². The lowest BCUT2D eigenvalue weighted by Gasteiger charge is -2.28. The second-order valence-corrected chi connectivity index (χ2v) is 12.4. The monoisotopic (exact) mass is 380 g/mol. The summed E-state index contributed by atoms with van der Waals surface area (Å²) in [7, 11) is 0. The van der Waals surface area contributed by atoms with Gasteiger partial charge in [-0.3, -0.25) is 0 Å². The number of hydrogen-bond donors (Lipinski definition) is 0. The summed E-state index contributed by atoms with van der Waals surface area (Å²) in [5, 5.41) is 0. The van der Waals surface area contributed by atoms with Gasteiger partial charge in [0.1, 0.15) is 0 Å². The van der Waals surface area contributed by atoms with Gasteiger partial charge in [0.2, 0.25) is 0 Å². The summed E-state index contributed by atoms with van der Waals surface area (Å²) in [5.74, 6) is 0. The Bertz CT molecular complexity index is 858. The Morgan fingerprint density at radius 2 is 0.679 bits per heavy atom. The average Bonchev–Trinajstić information content (AvgIpc) is 2.51. The fourth-order valence-corrected chi connectivity index (χ4v) is 3.10. The molecule has 0 spiro atoms. The van der Waals surface area contributed by atoms with Gasteiger partial charge in [-0.05, 0) is 55.0 Å². The lowest BCUT2D eigenvalue weighted by atomic mass is 9.76. The zero-order chi connectivity index (χ0) is 23.4.